The lowest BCUT2D eigenvalue weighted by Crippen LogP contribution is -2.52. The molecule has 0 aliphatic carbocycles. The first-order valence-electron chi connectivity index (χ1n) is 15.3. The molecular formula is C31H42BrN10OP. The lowest BCUT2D eigenvalue weighted by atomic mass is 9.99. The van der Waals surface area contributed by atoms with Crippen molar-refractivity contribution >= 4 is 63.6 Å². The lowest BCUT2D eigenvalue weighted by molar-refractivity contribution is 0.0982. The van der Waals surface area contributed by atoms with E-state index in [-0.39, 0.29) is 0 Å². The molecule has 0 radical (unpaired) electrons. The Morgan fingerprint density at radius 2 is 1.80 bits per heavy atom. The molecule has 0 spiro atoms. The van der Waals surface area contributed by atoms with Gasteiger partial charge in [0, 0.05) is 74.8 Å². The molecular weight excluding hydrogens is 639 g/mol. The molecule has 2 aliphatic heterocycles. The van der Waals surface area contributed by atoms with E-state index in [4.69, 9.17) is 9.72 Å². The van der Waals surface area contributed by atoms with Crippen LogP contribution in [0.15, 0.2) is 41.4 Å². The molecule has 5 heterocycles. The second kappa shape index (κ2) is 13.5. The van der Waals surface area contributed by atoms with Crippen LogP contribution < -0.4 is 25.6 Å². The molecule has 13 heteroatoms. The summed E-state index contributed by atoms with van der Waals surface area (Å²) in [6, 6.07) is 7.07. The fraction of sp³-hybridized carbons (Fsp3) is 0.484. The molecule has 2 N–H and O–H groups in total. The third-order valence-corrected chi connectivity index (χ3v) is 10.7. The van der Waals surface area contributed by atoms with Gasteiger partial charge in [-0.2, -0.15) is 10.1 Å². The number of nitrogens with one attached hydrogen (secondary N) is 2. The predicted octanol–water partition coefficient (Wildman–Crippen LogP) is 4.92. The molecule has 6 rings (SSSR count). The van der Waals surface area contributed by atoms with E-state index in [0.29, 0.717) is 17.8 Å². The van der Waals surface area contributed by atoms with E-state index >= 15 is 0 Å². The minimum atomic E-state index is -0.458. The molecule has 2 saturated heterocycles. The van der Waals surface area contributed by atoms with Crippen LogP contribution in [0.5, 0.6) is 5.75 Å². The quantitative estimate of drug-likeness (QED) is 0.237. The van der Waals surface area contributed by atoms with Crippen LogP contribution in [0.2, 0.25) is 0 Å². The van der Waals surface area contributed by atoms with E-state index in [1.807, 2.05) is 16.8 Å². The Labute approximate surface area is 269 Å². The zero-order valence-corrected chi connectivity index (χ0v) is 28.7. The van der Waals surface area contributed by atoms with Crippen LogP contribution in [-0.2, 0) is 6.42 Å². The summed E-state index contributed by atoms with van der Waals surface area (Å²) in [5.41, 5.74) is 5.21. The highest BCUT2D eigenvalue weighted by atomic mass is 79.9. The van der Waals surface area contributed by atoms with Gasteiger partial charge in [-0.3, -0.25) is 4.90 Å². The Hall–Kier alpha value is -3.05. The first kappa shape index (κ1) is 31.0. The number of pyridine rings is 1. The highest BCUT2D eigenvalue weighted by molar-refractivity contribution is 9.10. The van der Waals surface area contributed by atoms with Crippen LogP contribution in [0.1, 0.15) is 25.3 Å². The molecule has 44 heavy (non-hydrogen) atoms. The lowest BCUT2D eigenvalue weighted by Gasteiger charge is -2.43. The highest BCUT2D eigenvalue weighted by Crippen LogP contribution is 2.38. The first-order chi connectivity index (χ1) is 21.3. The standard InChI is InChI=1S/C31H42BrN10OP/c1-6-21-17-25(27(43-3)18-26(21)41-10-7-22(8-11-41)40-15-13-39(2)14-16-40)37-31-33-19-23(32)29(38-31)36-24-9-12-42-30(34-20-35-42)28(24)44(4)5/h9,12,17-20,22H,6-8,10-11,13-16H2,1-5H3,(H2,33,36,37,38). The van der Waals surface area contributed by atoms with Crippen molar-refractivity contribution in [2.75, 3.05) is 82.3 Å². The SMILES string of the molecule is CCc1cc(Nc2ncc(Br)c(Nc3ccn4ncnc4c3P(C)C)n2)c(OC)cc1N1CCC(N2CCN(C)CC2)CC1. The van der Waals surface area contributed by atoms with Crippen LogP contribution in [0, 0.1) is 0 Å². The van der Waals surface area contributed by atoms with Gasteiger partial charge in [0.1, 0.15) is 17.9 Å². The van der Waals surface area contributed by atoms with Crippen LogP contribution in [0.4, 0.5) is 28.8 Å². The highest BCUT2D eigenvalue weighted by Gasteiger charge is 2.28. The number of piperazine rings is 1. The number of aromatic nitrogens is 5. The Morgan fingerprint density at radius 1 is 1.02 bits per heavy atom. The number of fused-ring (bicyclic) bond motifs is 1. The minimum absolute atomic E-state index is 0.458. The summed E-state index contributed by atoms with van der Waals surface area (Å²) < 4.78 is 8.48. The molecule has 0 amide bonds. The number of aryl methyl sites for hydroxylation is 1. The van der Waals surface area contributed by atoms with Gasteiger partial charge in [-0.25, -0.2) is 14.5 Å². The van der Waals surface area contributed by atoms with Crippen molar-refractivity contribution in [3.63, 3.8) is 0 Å². The first-order valence-corrected chi connectivity index (χ1v) is 18.3. The maximum atomic E-state index is 5.90. The van der Waals surface area contributed by atoms with E-state index < -0.39 is 7.92 Å². The van der Waals surface area contributed by atoms with Crippen molar-refractivity contribution in [2.45, 2.75) is 32.2 Å². The van der Waals surface area contributed by atoms with Crippen molar-refractivity contribution in [1.29, 1.82) is 0 Å². The molecule has 0 atom stereocenters. The van der Waals surface area contributed by atoms with Crippen LogP contribution in [0.25, 0.3) is 5.65 Å². The Kier molecular flexibility index (Phi) is 9.51. The fourth-order valence-corrected chi connectivity index (χ4v) is 7.76. The molecule has 3 aromatic heterocycles. The van der Waals surface area contributed by atoms with E-state index in [1.165, 1.54) is 50.3 Å². The van der Waals surface area contributed by atoms with Crippen LogP contribution in [-0.4, -0.2) is 107 Å². The van der Waals surface area contributed by atoms with Gasteiger partial charge < -0.3 is 25.2 Å². The molecule has 0 saturated carbocycles. The van der Waals surface area contributed by atoms with Crippen molar-refractivity contribution < 1.29 is 4.74 Å². The molecule has 234 valence electrons. The average molecular weight is 682 g/mol. The average Bonchev–Trinajstić information content (AvgIpc) is 3.51. The maximum absolute atomic E-state index is 5.90. The molecule has 2 aliphatic rings. The van der Waals surface area contributed by atoms with Gasteiger partial charge in [0.15, 0.2) is 5.65 Å². The van der Waals surface area contributed by atoms with Gasteiger partial charge in [0.2, 0.25) is 5.95 Å². The van der Waals surface area contributed by atoms with E-state index in [0.717, 1.165) is 52.1 Å². The molecule has 4 aromatic rings. The second-order valence-corrected chi connectivity index (χ2v) is 14.8. The number of nitrogens with zero attached hydrogens (tertiary/aromatic N) is 8. The van der Waals surface area contributed by atoms with Gasteiger partial charge in [0.05, 0.1) is 23.0 Å². The van der Waals surface area contributed by atoms with E-state index in [1.54, 1.807) is 19.6 Å². The number of likely N-dealkylation sites (N-methyl/N-ethyl adjacent to an activating group) is 1. The van der Waals surface area contributed by atoms with Gasteiger partial charge in [-0.1, -0.05) is 14.8 Å². The van der Waals surface area contributed by atoms with E-state index in [9.17, 15) is 0 Å². The Bertz CT molecular complexity index is 1600. The number of anilines is 5. The number of rotatable bonds is 9. The predicted molar refractivity (Wildman–Crippen MR) is 184 cm³/mol. The number of benzene rings is 1. The van der Waals surface area contributed by atoms with Crippen molar-refractivity contribution in [2.24, 2.45) is 0 Å². The number of halogens is 1. The Morgan fingerprint density at radius 3 is 2.50 bits per heavy atom. The third-order valence-electron chi connectivity index (χ3n) is 8.75. The molecule has 2 fully saturated rings. The minimum Gasteiger partial charge on any atom is -0.494 e. The fourth-order valence-electron chi connectivity index (χ4n) is 6.30. The van der Waals surface area contributed by atoms with Crippen molar-refractivity contribution in [3.05, 3.63) is 47.0 Å². The van der Waals surface area contributed by atoms with Gasteiger partial charge in [-0.05, 0) is 73.3 Å². The summed E-state index contributed by atoms with van der Waals surface area (Å²) in [4.78, 5) is 21.6. The summed E-state index contributed by atoms with van der Waals surface area (Å²) in [6.07, 6.45) is 8.58. The summed E-state index contributed by atoms with van der Waals surface area (Å²) in [5.74, 6) is 1.93. The molecule has 1 aromatic carbocycles. The Balaban J connectivity index is 1.20. The normalized spacial score (nSPS) is 17.0. The van der Waals surface area contributed by atoms with Crippen LogP contribution in [0.3, 0.4) is 0 Å². The number of methoxy groups -OCH3 is 1. The summed E-state index contributed by atoms with van der Waals surface area (Å²) in [7, 11) is 3.49. The van der Waals surface area contributed by atoms with Gasteiger partial charge >= 0.3 is 0 Å². The third kappa shape index (κ3) is 6.49. The largest absolute Gasteiger partial charge is 0.494 e. The topological polar surface area (TPSA) is 99.0 Å². The number of hydrogen-bond donors (Lipinski definition) is 2. The molecule has 0 bridgehead atoms. The number of piperidine rings is 1. The van der Waals surface area contributed by atoms with E-state index in [2.05, 4.69) is 95.8 Å². The summed E-state index contributed by atoms with van der Waals surface area (Å²) in [6.45, 7) is 13.5. The summed E-state index contributed by atoms with van der Waals surface area (Å²) >= 11 is 3.64. The monoisotopic (exact) mass is 680 g/mol. The zero-order valence-electron chi connectivity index (χ0n) is 26.2. The maximum Gasteiger partial charge on any atom is 0.229 e. The van der Waals surface area contributed by atoms with Gasteiger partial charge in [-0.15, -0.1) is 0 Å². The smallest absolute Gasteiger partial charge is 0.229 e. The summed E-state index contributed by atoms with van der Waals surface area (Å²) in [5, 5.41) is 12.4. The second-order valence-electron chi connectivity index (χ2n) is 11.7. The van der Waals surface area contributed by atoms with Crippen molar-refractivity contribution in [3.8, 4) is 5.75 Å². The van der Waals surface area contributed by atoms with Gasteiger partial charge in [0.25, 0.3) is 0 Å². The number of ether oxygens (including phenoxy) is 1. The zero-order chi connectivity index (χ0) is 30.8. The van der Waals surface area contributed by atoms with Crippen molar-refractivity contribution in [1.82, 2.24) is 34.4 Å². The number of hydrogen-bond acceptors (Lipinski definition) is 10. The van der Waals surface area contributed by atoms with Crippen LogP contribution >= 0.6 is 23.9 Å². The molecule has 0 unspecified atom stereocenters. The molecule has 11 nitrogen and oxygen atoms in total.